The molecule has 4 rings (SSSR count). The molecule has 4 aromatic rings. The lowest BCUT2D eigenvalue weighted by atomic mass is 9.84. The van der Waals surface area contributed by atoms with Gasteiger partial charge in [0.05, 0.1) is 11.3 Å². The predicted molar refractivity (Wildman–Crippen MR) is 171 cm³/mol. The minimum Gasteiger partial charge on any atom is -0.354 e. The van der Waals surface area contributed by atoms with E-state index < -0.39 is 6.29 Å². The zero-order valence-electron chi connectivity index (χ0n) is 23.1. The smallest absolute Gasteiger partial charge is 0.224 e. The molecule has 0 amide bonds. The van der Waals surface area contributed by atoms with Gasteiger partial charge in [0, 0.05) is 38.0 Å². The Morgan fingerprint density at radius 3 is 1.77 bits per heavy atom. The SMILES string of the molecule is COC(CN(CC(C)C(S)CSC(c1ccccc1)(c1ccccc1)c1ccccc1)c1ccnc(Cl)n1)OC. The Balaban J connectivity index is 1.62. The summed E-state index contributed by atoms with van der Waals surface area (Å²) in [6.45, 7) is 3.42. The van der Waals surface area contributed by atoms with E-state index in [-0.39, 0.29) is 21.2 Å². The fraction of sp³-hybridized carbons (Fsp3) is 0.312. The third-order valence-corrected chi connectivity index (χ3v) is 9.79. The van der Waals surface area contributed by atoms with Crippen molar-refractivity contribution in [3.05, 3.63) is 125 Å². The van der Waals surface area contributed by atoms with Gasteiger partial charge in [-0.05, 0) is 40.3 Å². The van der Waals surface area contributed by atoms with Gasteiger partial charge in [0.25, 0.3) is 0 Å². The molecule has 5 nitrogen and oxygen atoms in total. The summed E-state index contributed by atoms with van der Waals surface area (Å²) in [4.78, 5) is 10.6. The molecule has 2 atom stereocenters. The molecule has 0 N–H and O–H groups in total. The average Bonchev–Trinajstić information content (AvgIpc) is 3.01. The molecule has 2 unspecified atom stereocenters. The lowest BCUT2D eigenvalue weighted by Crippen LogP contribution is -2.40. The highest BCUT2D eigenvalue weighted by atomic mass is 35.5. The van der Waals surface area contributed by atoms with E-state index in [1.807, 2.05) is 17.8 Å². The Labute approximate surface area is 252 Å². The summed E-state index contributed by atoms with van der Waals surface area (Å²) in [6, 6.07) is 34.1. The average molecular weight is 594 g/mol. The first-order chi connectivity index (χ1) is 19.5. The van der Waals surface area contributed by atoms with Crippen LogP contribution >= 0.6 is 36.0 Å². The van der Waals surface area contributed by atoms with Gasteiger partial charge in [0.1, 0.15) is 5.82 Å². The molecule has 0 aliphatic rings. The molecular formula is C32H36ClN3O2S2. The lowest BCUT2D eigenvalue weighted by Gasteiger charge is -2.37. The normalized spacial score (nSPS) is 13.2. The molecule has 0 radical (unpaired) electrons. The molecule has 40 heavy (non-hydrogen) atoms. The molecule has 3 aromatic carbocycles. The van der Waals surface area contributed by atoms with Gasteiger partial charge in [-0.2, -0.15) is 12.6 Å². The molecule has 0 aliphatic heterocycles. The molecule has 1 heterocycles. The second-order valence-corrected chi connectivity index (χ2v) is 11.9. The van der Waals surface area contributed by atoms with E-state index in [0.717, 1.165) is 11.6 Å². The highest BCUT2D eigenvalue weighted by molar-refractivity contribution is 8.01. The van der Waals surface area contributed by atoms with Crippen molar-refractivity contribution in [1.82, 2.24) is 9.97 Å². The predicted octanol–water partition coefficient (Wildman–Crippen LogP) is 7.22. The van der Waals surface area contributed by atoms with Gasteiger partial charge in [0.2, 0.25) is 5.28 Å². The van der Waals surface area contributed by atoms with E-state index in [4.69, 9.17) is 33.7 Å². The molecule has 1 aromatic heterocycles. The Kier molecular flexibility index (Phi) is 11.3. The molecule has 0 aliphatic carbocycles. The molecular weight excluding hydrogens is 558 g/mol. The largest absolute Gasteiger partial charge is 0.354 e. The number of thioether (sulfide) groups is 1. The molecule has 0 spiro atoms. The van der Waals surface area contributed by atoms with E-state index in [0.29, 0.717) is 13.1 Å². The summed E-state index contributed by atoms with van der Waals surface area (Å²) in [7, 11) is 3.27. The molecule has 0 bridgehead atoms. The number of thiol groups is 1. The van der Waals surface area contributed by atoms with Crippen LogP contribution in [0.15, 0.2) is 103 Å². The maximum Gasteiger partial charge on any atom is 0.224 e. The van der Waals surface area contributed by atoms with Gasteiger partial charge in [-0.25, -0.2) is 9.97 Å². The third-order valence-electron chi connectivity index (χ3n) is 7.01. The Bertz CT molecular complexity index is 1200. The lowest BCUT2D eigenvalue weighted by molar-refractivity contribution is -0.0951. The fourth-order valence-corrected chi connectivity index (χ4v) is 6.92. The molecule has 8 heteroatoms. The number of benzene rings is 3. The van der Waals surface area contributed by atoms with Crippen LogP contribution in [-0.4, -0.2) is 54.6 Å². The number of ether oxygens (including phenoxy) is 2. The van der Waals surface area contributed by atoms with Crippen LogP contribution < -0.4 is 4.90 Å². The summed E-state index contributed by atoms with van der Waals surface area (Å²) >= 11 is 13.2. The van der Waals surface area contributed by atoms with Crippen molar-refractivity contribution in [3.63, 3.8) is 0 Å². The van der Waals surface area contributed by atoms with Gasteiger partial charge in [-0.15, -0.1) is 11.8 Å². The second-order valence-electron chi connectivity index (χ2n) is 9.62. The van der Waals surface area contributed by atoms with Gasteiger partial charge < -0.3 is 14.4 Å². The van der Waals surface area contributed by atoms with Crippen LogP contribution in [-0.2, 0) is 14.2 Å². The number of nitrogens with zero attached hydrogens (tertiary/aromatic N) is 3. The first-order valence-electron chi connectivity index (χ1n) is 13.3. The van der Waals surface area contributed by atoms with Crippen molar-refractivity contribution in [2.75, 3.05) is 38.0 Å². The minimum atomic E-state index is -0.407. The Hall–Kier alpha value is -2.55. The highest BCUT2D eigenvalue weighted by Crippen LogP contribution is 2.49. The molecule has 0 saturated heterocycles. The van der Waals surface area contributed by atoms with Crippen molar-refractivity contribution >= 4 is 41.8 Å². The maximum atomic E-state index is 6.14. The van der Waals surface area contributed by atoms with E-state index in [9.17, 15) is 0 Å². The maximum absolute atomic E-state index is 6.14. The Morgan fingerprint density at radius 1 is 0.825 bits per heavy atom. The number of rotatable bonds is 14. The first kappa shape index (κ1) is 30.4. The summed E-state index contributed by atoms with van der Waals surface area (Å²) in [5.74, 6) is 1.75. The Morgan fingerprint density at radius 2 is 1.32 bits per heavy atom. The van der Waals surface area contributed by atoms with Gasteiger partial charge >= 0.3 is 0 Å². The topological polar surface area (TPSA) is 47.5 Å². The molecule has 0 fully saturated rings. The number of halogens is 1. The number of aromatic nitrogens is 2. The van der Waals surface area contributed by atoms with E-state index in [1.165, 1.54) is 16.7 Å². The highest BCUT2D eigenvalue weighted by Gasteiger charge is 2.37. The van der Waals surface area contributed by atoms with E-state index in [2.05, 4.69) is 113 Å². The molecule has 210 valence electrons. The van der Waals surface area contributed by atoms with E-state index in [1.54, 1.807) is 20.4 Å². The zero-order chi connectivity index (χ0) is 28.4. The van der Waals surface area contributed by atoms with Crippen LogP contribution in [0.1, 0.15) is 23.6 Å². The molecule has 0 saturated carbocycles. The van der Waals surface area contributed by atoms with Crippen molar-refractivity contribution in [2.45, 2.75) is 23.2 Å². The van der Waals surface area contributed by atoms with Gasteiger partial charge in [-0.1, -0.05) is 97.9 Å². The summed E-state index contributed by atoms with van der Waals surface area (Å²) in [5, 5.41) is 0.293. The summed E-state index contributed by atoms with van der Waals surface area (Å²) in [5.41, 5.74) is 3.72. The monoisotopic (exact) mass is 593 g/mol. The first-order valence-corrected chi connectivity index (χ1v) is 15.1. The third kappa shape index (κ3) is 7.39. The van der Waals surface area contributed by atoms with Crippen molar-refractivity contribution < 1.29 is 9.47 Å². The summed E-state index contributed by atoms with van der Waals surface area (Å²) < 4.78 is 10.6. The van der Waals surface area contributed by atoms with Crippen LogP contribution in [0, 0.1) is 5.92 Å². The number of hydrogen-bond acceptors (Lipinski definition) is 7. The second kappa shape index (κ2) is 14.9. The van der Waals surface area contributed by atoms with Gasteiger partial charge in [-0.3, -0.25) is 0 Å². The zero-order valence-corrected chi connectivity index (χ0v) is 25.5. The van der Waals surface area contributed by atoms with Crippen LogP contribution in [0.25, 0.3) is 0 Å². The quantitative estimate of drug-likeness (QED) is 0.0721. The number of anilines is 1. The fourth-order valence-electron chi connectivity index (χ4n) is 4.80. The van der Waals surface area contributed by atoms with Gasteiger partial charge in [0.15, 0.2) is 6.29 Å². The van der Waals surface area contributed by atoms with Crippen LogP contribution in [0.4, 0.5) is 5.82 Å². The minimum absolute atomic E-state index is 0.0869. The van der Waals surface area contributed by atoms with Crippen LogP contribution in [0.2, 0.25) is 5.28 Å². The number of hydrogen-bond donors (Lipinski definition) is 1. The van der Waals surface area contributed by atoms with Crippen molar-refractivity contribution in [3.8, 4) is 0 Å². The standard InChI is InChI=1S/C32H36ClN3O2S2/c1-24(21-36(22-30(37-2)38-3)29-19-20-34-31(33)35-29)28(39)23-40-32(25-13-7-4-8-14-25,26-15-9-5-10-16-26)27-17-11-6-12-18-27/h4-20,24,28,30,39H,21-23H2,1-3H3. The van der Waals surface area contributed by atoms with Crippen molar-refractivity contribution in [1.29, 1.82) is 0 Å². The van der Waals surface area contributed by atoms with Crippen molar-refractivity contribution in [2.24, 2.45) is 5.92 Å². The van der Waals surface area contributed by atoms with Crippen LogP contribution in [0.5, 0.6) is 0 Å². The van der Waals surface area contributed by atoms with Crippen LogP contribution in [0.3, 0.4) is 0 Å². The van der Waals surface area contributed by atoms with E-state index >= 15 is 0 Å². The summed E-state index contributed by atoms with van der Waals surface area (Å²) in [6.07, 6.45) is 1.26. The number of methoxy groups -OCH3 is 2.